The number of hydrogen-bond acceptors (Lipinski definition) is 3. The maximum Gasteiger partial charge on any atom is 0.213 e. The second kappa shape index (κ2) is 3.75. The fourth-order valence-electron chi connectivity index (χ4n) is 1.14. The minimum atomic E-state index is 0.473. The maximum absolute atomic E-state index is 5.51. The van der Waals surface area contributed by atoms with Gasteiger partial charge in [-0.2, -0.15) is 0 Å². The Balaban J connectivity index is 1.93. The van der Waals surface area contributed by atoms with Crippen LogP contribution in [0.4, 0.5) is 0 Å². The summed E-state index contributed by atoms with van der Waals surface area (Å²) >= 11 is 0. The molecule has 1 saturated carbocycles. The number of rotatable bonds is 4. The van der Waals surface area contributed by atoms with Crippen LogP contribution in [0.2, 0.25) is 0 Å². The van der Waals surface area contributed by atoms with Crippen LogP contribution in [0.1, 0.15) is 18.5 Å². The Labute approximate surface area is 77.9 Å². The van der Waals surface area contributed by atoms with Crippen molar-refractivity contribution < 1.29 is 4.74 Å². The van der Waals surface area contributed by atoms with E-state index < -0.39 is 0 Å². The highest BCUT2D eigenvalue weighted by Crippen LogP contribution is 2.29. The van der Waals surface area contributed by atoms with E-state index >= 15 is 0 Å². The van der Waals surface area contributed by atoms with Crippen LogP contribution < -0.4 is 10.5 Å². The van der Waals surface area contributed by atoms with Gasteiger partial charge in [-0.1, -0.05) is 6.07 Å². The van der Waals surface area contributed by atoms with E-state index in [1.54, 1.807) is 0 Å². The lowest BCUT2D eigenvalue weighted by atomic mass is 10.3. The predicted octanol–water partition coefficient (Wildman–Crippen LogP) is 1.33. The van der Waals surface area contributed by atoms with E-state index in [-0.39, 0.29) is 0 Å². The highest BCUT2D eigenvalue weighted by Gasteiger charge is 2.21. The monoisotopic (exact) mass is 178 g/mol. The lowest BCUT2D eigenvalue weighted by Gasteiger charge is -2.04. The molecule has 0 amide bonds. The summed E-state index contributed by atoms with van der Waals surface area (Å²) in [5.41, 5.74) is 6.35. The van der Waals surface area contributed by atoms with Gasteiger partial charge in [0.25, 0.3) is 0 Å². The Morgan fingerprint density at radius 2 is 2.31 bits per heavy atom. The summed E-state index contributed by atoms with van der Waals surface area (Å²) in [6.07, 6.45) is 2.60. The van der Waals surface area contributed by atoms with Crippen molar-refractivity contribution in [2.24, 2.45) is 11.7 Å². The molecular weight excluding hydrogens is 164 g/mol. The lowest BCUT2D eigenvalue weighted by Crippen LogP contribution is -2.04. The average Bonchev–Trinajstić information content (AvgIpc) is 2.99. The molecule has 0 saturated heterocycles. The third-order valence-corrected chi connectivity index (χ3v) is 2.15. The quantitative estimate of drug-likeness (QED) is 0.756. The van der Waals surface area contributed by atoms with Crippen molar-refractivity contribution in [1.82, 2.24) is 4.98 Å². The van der Waals surface area contributed by atoms with Crippen LogP contribution >= 0.6 is 0 Å². The summed E-state index contributed by atoms with van der Waals surface area (Å²) in [7, 11) is 0. The van der Waals surface area contributed by atoms with Crippen LogP contribution in [0, 0.1) is 5.92 Å². The molecule has 1 aromatic rings. The molecule has 0 spiro atoms. The van der Waals surface area contributed by atoms with Crippen molar-refractivity contribution in [2.45, 2.75) is 19.4 Å². The first-order valence-electron chi connectivity index (χ1n) is 4.67. The Morgan fingerprint density at radius 1 is 1.46 bits per heavy atom. The second-order valence-corrected chi connectivity index (χ2v) is 3.43. The molecule has 0 aromatic carbocycles. The highest BCUT2D eigenvalue weighted by molar-refractivity contribution is 5.15. The summed E-state index contributed by atoms with van der Waals surface area (Å²) in [4.78, 5) is 4.24. The van der Waals surface area contributed by atoms with Gasteiger partial charge in [0.2, 0.25) is 5.88 Å². The van der Waals surface area contributed by atoms with Gasteiger partial charge in [0.1, 0.15) is 0 Å². The van der Waals surface area contributed by atoms with Gasteiger partial charge >= 0.3 is 0 Å². The molecule has 3 nitrogen and oxygen atoms in total. The molecule has 0 atom stereocenters. The van der Waals surface area contributed by atoms with Crippen LogP contribution in [-0.2, 0) is 6.54 Å². The van der Waals surface area contributed by atoms with Gasteiger partial charge in [-0.25, -0.2) is 4.98 Å². The molecule has 13 heavy (non-hydrogen) atoms. The van der Waals surface area contributed by atoms with E-state index in [1.807, 2.05) is 18.2 Å². The Hall–Kier alpha value is -1.09. The van der Waals surface area contributed by atoms with Gasteiger partial charge in [0.15, 0.2) is 0 Å². The molecule has 0 bridgehead atoms. The summed E-state index contributed by atoms with van der Waals surface area (Å²) in [6, 6.07) is 5.71. The predicted molar refractivity (Wildman–Crippen MR) is 50.3 cm³/mol. The Morgan fingerprint density at radius 3 is 3.00 bits per heavy atom. The summed E-state index contributed by atoms with van der Waals surface area (Å²) in [6.45, 7) is 1.28. The molecule has 3 heteroatoms. The third kappa shape index (κ3) is 2.42. The van der Waals surface area contributed by atoms with Crippen molar-refractivity contribution >= 4 is 0 Å². The van der Waals surface area contributed by atoms with Crippen molar-refractivity contribution in [2.75, 3.05) is 6.61 Å². The van der Waals surface area contributed by atoms with E-state index in [0.717, 1.165) is 18.2 Å². The van der Waals surface area contributed by atoms with Gasteiger partial charge in [-0.3, -0.25) is 0 Å². The number of nitrogens with two attached hydrogens (primary N) is 1. The minimum absolute atomic E-state index is 0.473. The number of aromatic nitrogens is 1. The Bertz CT molecular complexity index is 284. The number of pyridine rings is 1. The van der Waals surface area contributed by atoms with Crippen LogP contribution in [0.25, 0.3) is 0 Å². The molecule has 0 aliphatic heterocycles. The normalized spacial score (nSPS) is 15.8. The number of nitrogens with zero attached hydrogens (tertiary/aromatic N) is 1. The average molecular weight is 178 g/mol. The van der Waals surface area contributed by atoms with Gasteiger partial charge < -0.3 is 10.5 Å². The molecule has 1 heterocycles. The molecule has 1 aromatic heterocycles. The van der Waals surface area contributed by atoms with E-state index in [9.17, 15) is 0 Å². The maximum atomic E-state index is 5.51. The minimum Gasteiger partial charge on any atom is -0.477 e. The highest BCUT2D eigenvalue weighted by atomic mass is 16.5. The van der Waals surface area contributed by atoms with Crippen LogP contribution in [-0.4, -0.2) is 11.6 Å². The molecule has 0 radical (unpaired) electrons. The van der Waals surface area contributed by atoms with Gasteiger partial charge in [0.05, 0.1) is 12.3 Å². The Kier molecular flexibility index (Phi) is 2.45. The molecule has 2 N–H and O–H groups in total. The zero-order chi connectivity index (χ0) is 9.10. The van der Waals surface area contributed by atoms with Crippen molar-refractivity contribution in [3.05, 3.63) is 23.9 Å². The smallest absolute Gasteiger partial charge is 0.213 e. The second-order valence-electron chi connectivity index (χ2n) is 3.43. The topological polar surface area (TPSA) is 48.1 Å². The molecule has 1 fully saturated rings. The van der Waals surface area contributed by atoms with Crippen LogP contribution in [0.3, 0.4) is 0 Å². The van der Waals surface area contributed by atoms with Crippen molar-refractivity contribution in [3.8, 4) is 5.88 Å². The van der Waals surface area contributed by atoms with Gasteiger partial charge in [-0.15, -0.1) is 0 Å². The third-order valence-electron chi connectivity index (χ3n) is 2.15. The fourth-order valence-corrected chi connectivity index (χ4v) is 1.14. The van der Waals surface area contributed by atoms with E-state index in [0.29, 0.717) is 12.4 Å². The van der Waals surface area contributed by atoms with E-state index in [4.69, 9.17) is 10.5 Å². The SMILES string of the molecule is NCc1cccc(OCC2CC2)n1. The molecular formula is C10H14N2O. The molecule has 1 aliphatic rings. The lowest BCUT2D eigenvalue weighted by molar-refractivity contribution is 0.287. The fraction of sp³-hybridized carbons (Fsp3) is 0.500. The van der Waals surface area contributed by atoms with Crippen molar-refractivity contribution in [1.29, 1.82) is 0 Å². The van der Waals surface area contributed by atoms with Crippen molar-refractivity contribution in [3.63, 3.8) is 0 Å². The van der Waals surface area contributed by atoms with Gasteiger partial charge in [-0.05, 0) is 24.8 Å². The zero-order valence-electron chi connectivity index (χ0n) is 7.57. The summed E-state index contributed by atoms with van der Waals surface area (Å²) < 4.78 is 5.51. The summed E-state index contributed by atoms with van der Waals surface area (Å²) in [5.74, 6) is 1.47. The van der Waals surface area contributed by atoms with Gasteiger partial charge in [0, 0.05) is 12.6 Å². The molecule has 0 unspecified atom stereocenters. The van der Waals surface area contributed by atoms with Crippen LogP contribution in [0.5, 0.6) is 5.88 Å². The number of hydrogen-bond donors (Lipinski definition) is 1. The first-order valence-corrected chi connectivity index (χ1v) is 4.67. The molecule has 2 rings (SSSR count). The standard InChI is InChI=1S/C10H14N2O/c11-6-9-2-1-3-10(12-9)13-7-8-4-5-8/h1-3,8H,4-7,11H2. The number of ether oxygens (including phenoxy) is 1. The molecule has 1 aliphatic carbocycles. The zero-order valence-corrected chi connectivity index (χ0v) is 7.57. The first-order chi connectivity index (χ1) is 6.38. The summed E-state index contributed by atoms with van der Waals surface area (Å²) in [5, 5.41) is 0. The van der Waals surface area contributed by atoms with E-state index in [1.165, 1.54) is 12.8 Å². The first kappa shape index (κ1) is 8.51. The molecule has 70 valence electrons. The van der Waals surface area contributed by atoms with E-state index in [2.05, 4.69) is 4.98 Å². The van der Waals surface area contributed by atoms with Crippen LogP contribution in [0.15, 0.2) is 18.2 Å². The largest absolute Gasteiger partial charge is 0.477 e.